The predicted octanol–water partition coefficient (Wildman–Crippen LogP) is 5.20. The third-order valence-corrected chi connectivity index (χ3v) is 8.89. The molecule has 2 aromatic heterocycles. The van der Waals surface area contributed by atoms with Crippen LogP contribution in [0.3, 0.4) is 0 Å². The molecular weight excluding hydrogens is 510 g/mol. The van der Waals surface area contributed by atoms with E-state index in [0.29, 0.717) is 36.6 Å². The summed E-state index contributed by atoms with van der Waals surface area (Å²) in [5.41, 5.74) is 2.09. The zero-order valence-electron chi connectivity index (χ0n) is 21.9. The topological polar surface area (TPSA) is 91.3 Å². The molecule has 0 spiro atoms. The SMILES string of the molecule is CC(C)c1ccc(N2CC(CS(=O)(=O)C(F)F)C2)c2cnc(Nc3ccnc(N4CCC[C@H](C)C4)n3)cc12. The monoisotopic (exact) mass is 544 g/mol. The summed E-state index contributed by atoms with van der Waals surface area (Å²) in [6.07, 6.45) is 5.94. The fourth-order valence-corrected chi connectivity index (χ4v) is 6.45. The second-order valence-electron chi connectivity index (χ2n) is 10.9. The zero-order valence-corrected chi connectivity index (χ0v) is 22.8. The molecule has 2 fully saturated rings. The molecule has 1 N–H and O–H groups in total. The minimum atomic E-state index is -4.37. The maximum absolute atomic E-state index is 12.8. The van der Waals surface area contributed by atoms with Gasteiger partial charge >= 0.3 is 5.76 Å². The van der Waals surface area contributed by atoms with Crippen molar-refractivity contribution in [2.24, 2.45) is 11.8 Å². The minimum absolute atomic E-state index is 0.272. The Balaban J connectivity index is 1.38. The van der Waals surface area contributed by atoms with E-state index in [0.717, 1.165) is 41.5 Å². The Kier molecular flexibility index (Phi) is 7.39. The van der Waals surface area contributed by atoms with E-state index in [-0.39, 0.29) is 11.8 Å². The fraction of sp³-hybridized carbons (Fsp3) is 0.519. The number of nitrogens with one attached hydrogen (secondary N) is 1. The molecule has 8 nitrogen and oxygen atoms in total. The van der Waals surface area contributed by atoms with Gasteiger partial charge in [-0.2, -0.15) is 13.8 Å². The molecule has 2 saturated heterocycles. The van der Waals surface area contributed by atoms with Crippen molar-refractivity contribution in [3.63, 3.8) is 0 Å². The molecule has 3 aromatic rings. The molecule has 0 amide bonds. The first-order valence-corrected chi connectivity index (χ1v) is 14.8. The molecule has 38 heavy (non-hydrogen) atoms. The summed E-state index contributed by atoms with van der Waals surface area (Å²) in [5.74, 6) is -1.18. The van der Waals surface area contributed by atoms with Gasteiger partial charge in [-0.05, 0) is 53.8 Å². The lowest BCUT2D eigenvalue weighted by Gasteiger charge is -2.41. The average Bonchev–Trinajstić information content (AvgIpc) is 2.85. The van der Waals surface area contributed by atoms with Gasteiger partial charge in [-0.1, -0.05) is 26.8 Å². The van der Waals surface area contributed by atoms with Crippen LogP contribution in [0, 0.1) is 11.8 Å². The van der Waals surface area contributed by atoms with Crippen LogP contribution in [-0.2, 0) is 9.84 Å². The molecular formula is C27H34F2N6O2S. The standard InChI is InChI=1S/C27H34F2N6O2S/c1-17(2)20-6-7-23(35-14-19(15-35)16-38(36,37)26(28)29)22-12-31-25(11-21(20)22)32-24-8-9-30-27(33-24)34-10-4-5-18(3)13-34/h6-9,11-12,17-19,26H,4-5,10,13-16H2,1-3H3,(H,30,31,32,33)/t18-/m0/s1. The van der Waals surface area contributed by atoms with E-state index in [4.69, 9.17) is 4.98 Å². The van der Waals surface area contributed by atoms with Crippen LogP contribution in [0.25, 0.3) is 10.8 Å². The van der Waals surface area contributed by atoms with Gasteiger partial charge < -0.3 is 15.1 Å². The molecule has 1 aromatic carbocycles. The lowest BCUT2D eigenvalue weighted by atomic mass is 9.93. The smallest absolute Gasteiger partial charge is 0.336 e. The molecule has 5 rings (SSSR count). The Labute approximate surface area is 222 Å². The molecule has 0 saturated carbocycles. The molecule has 2 aliphatic heterocycles. The number of hydrogen-bond donors (Lipinski definition) is 1. The van der Waals surface area contributed by atoms with Crippen molar-refractivity contribution in [2.75, 3.05) is 47.0 Å². The normalized spacial score (nSPS) is 18.9. The highest BCUT2D eigenvalue weighted by molar-refractivity contribution is 7.91. The number of rotatable bonds is 8. The molecule has 0 unspecified atom stereocenters. The quantitative estimate of drug-likeness (QED) is 0.414. The second-order valence-corrected chi connectivity index (χ2v) is 12.9. The Bertz CT molecular complexity index is 1410. The lowest BCUT2D eigenvalue weighted by Crippen LogP contribution is -2.50. The maximum atomic E-state index is 12.8. The number of benzene rings is 1. The highest BCUT2D eigenvalue weighted by Gasteiger charge is 2.35. The number of alkyl halides is 2. The van der Waals surface area contributed by atoms with Crippen LogP contribution in [0.15, 0.2) is 36.7 Å². The molecule has 2 aliphatic rings. The van der Waals surface area contributed by atoms with E-state index in [2.05, 4.69) is 47.0 Å². The number of nitrogens with zero attached hydrogens (tertiary/aromatic N) is 5. The van der Waals surface area contributed by atoms with E-state index >= 15 is 0 Å². The van der Waals surface area contributed by atoms with Gasteiger partial charge in [0, 0.05) is 55.6 Å². The molecule has 0 radical (unpaired) electrons. The number of piperidine rings is 1. The van der Waals surface area contributed by atoms with Gasteiger partial charge in [0.25, 0.3) is 0 Å². The number of fused-ring (bicyclic) bond motifs is 1. The number of hydrogen-bond acceptors (Lipinski definition) is 8. The van der Waals surface area contributed by atoms with Gasteiger partial charge in [-0.3, -0.25) is 0 Å². The number of aromatic nitrogens is 3. The first-order chi connectivity index (χ1) is 18.1. The van der Waals surface area contributed by atoms with Crippen LogP contribution in [-0.4, -0.2) is 61.1 Å². The summed E-state index contributed by atoms with van der Waals surface area (Å²) >= 11 is 0. The van der Waals surface area contributed by atoms with Gasteiger partial charge in [0.15, 0.2) is 0 Å². The minimum Gasteiger partial charge on any atom is -0.370 e. The van der Waals surface area contributed by atoms with E-state index in [9.17, 15) is 17.2 Å². The van der Waals surface area contributed by atoms with Crippen LogP contribution in [0.4, 0.5) is 32.1 Å². The third kappa shape index (κ3) is 5.52. The first-order valence-electron chi connectivity index (χ1n) is 13.1. The van der Waals surface area contributed by atoms with Crippen molar-refractivity contribution in [1.82, 2.24) is 15.0 Å². The summed E-state index contributed by atoms with van der Waals surface area (Å²) in [6, 6.07) is 7.93. The number of anilines is 4. The largest absolute Gasteiger partial charge is 0.370 e. The van der Waals surface area contributed by atoms with Crippen molar-refractivity contribution in [3.05, 3.63) is 42.2 Å². The van der Waals surface area contributed by atoms with Gasteiger partial charge in [0.05, 0.1) is 5.75 Å². The van der Waals surface area contributed by atoms with Crippen molar-refractivity contribution < 1.29 is 17.2 Å². The van der Waals surface area contributed by atoms with Crippen LogP contribution in [0.5, 0.6) is 0 Å². The Morgan fingerprint density at radius 1 is 1.05 bits per heavy atom. The van der Waals surface area contributed by atoms with E-state index in [1.54, 1.807) is 6.20 Å². The van der Waals surface area contributed by atoms with Gasteiger partial charge in [0.2, 0.25) is 15.8 Å². The Hall–Kier alpha value is -3.08. The van der Waals surface area contributed by atoms with Crippen LogP contribution in [0.1, 0.15) is 45.1 Å². The fourth-order valence-electron chi connectivity index (χ4n) is 5.44. The number of halogens is 2. The van der Waals surface area contributed by atoms with Crippen molar-refractivity contribution in [2.45, 2.75) is 45.3 Å². The Morgan fingerprint density at radius 2 is 1.84 bits per heavy atom. The van der Waals surface area contributed by atoms with E-state index in [1.165, 1.54) is 6.42 Å². The second kappa shape index (κ2) is 10.6. The Morgan fingerprint density at radius 3 is 2.55 bits per heavy atom. The predicted molar refractivity (Wildman–Crippen MR) is 147 cm³/mol. The molecule has 1 atom stereocenters. The first kappa shape index (κ1) is 26.5. The molecule has 204 valence electrons. The summed E-state index contributed by atoms with van der Waals surface area (Å²) in [7, 11) is -4.37. The summed E-state index contributed by atoms with van der Waals surface area (Å²) in [5, 5.41) is 5.32. The van der Waals surface area contributed by atoms with Crippen LogP contribution < -0.4 is 15.1 Å². The van der Waals surface area contributed by atoms with Gasteiger partial charge in [0.1, 0.15) is 11.6 Å². The molecule has 4 heterocycles. The highest BCUT2D eigenvalue weighted by Crippen LogP contribution is 2.37. The summed E-state index contributed by atoms with van der Waals surface area (Å²) in [6.45, 7) is 9.25. The summed E-state index contributed by atoms with van der Waals surface area (Å²) in [4.78, 5) is 18.1. The zero-order chi connectivity index (χ0) is 27.0. The van der Waals surface area contributed by atoms with Crippen molar-refractivity contribution in [3.8, 4) is 0 Å². The van der Waals surface area contributed by atoms with Crippen LogP contribution >= 0.6 is 0 Å². The van der Waals surface area contributed by atoms with Gasteiger partial charge in [-0.15, -0.1) is 0 Å². The molecule has 11 heteroatoms. The van der Waals surface area contributed by atoms with Crippen molar-refractivity contribution >= 4 is 43.9 Å². The highest BCUT2D eigenvalue weighted by atomic mass is 32.2. The summed E-state index contributed by atoms with van der Waals surface area (Å²) < 4.78 is 48.8. The molecule has 0 aliphatic carbocycles. The maximum Gasteiger partial charge on any atom is 0.336 e. The molecule has 0 bridgehead atoms. The average molecular weight is 545 g/mol. The number of pyridine rings is 1. The van der Waals surface area contributed by atoms with Crippen molar-refractivity contribution in [1.29, 1.82) is 0 Å². The van der Waals surface area contributed by atoms with E-state index < -0.39 is 21.3 Å². The van der Waals surface area contributed by atoms with E-state index in [1.807, 2.05) is 29.3 Å². The lowest BCUT2D eigenvalue weighted by molar-refractivity contribution is 0.233. The number of sulfone groups is 1. The van der Waals surface area contributed by atoms with Gasteiger partial charge in [-0.25, -0.2) is 18.4 Å². The third-order valence-electron chi connectivity index (χ3n) is 7.41. The van der Waals surface area contributed by atoms with Crippen LogP contribution in [0.2, 0.25) is 0 Å².